The summed E-state index contributed by atoms with van der Waals surface area (Å²) in [6.45, 7) is 0.501. The first-order chi connectivity index (χ1) is 9.56. The highest BCUT2D eigenvalue weighted by Gasteiger charge is 2.36. The van der Waals surface area contributed by atoms with Gasteiger partial charge in [0.25, 0.3) is 5.91 Å². The zero-order valence-corrected chi connectivity index (χ0v) is 10.7. The number of amides is 1. The van der Waals surface area contributed by atoms with E-state index in [1.807, 2.05) is 24.3 Å². The van der Waals surface area contributed by atoms with Crippen LogP contribution < -0.4 is 5.73 Å². The Hall–Kier alpha value is -2.56. The number of anilines is 1. The van der Waals surface area contributed by atoms with E-state index >= 15 is 0 Å². The second-order valence-electron chi connectivity index (χ2n) is 5.03. The Morgan fingerprint density at radius 3 is 2.35 bits per heavy atom. The lowest BCUT2D eigenvalue weighted by atomic mass is 9.97. The maximum Gasteiger partial charge on any atom is 0.310 e. The van der Waals surface area contributed by atoms with Crippen molar-refractivity contribution in [1.29, 1.82) is 0 Å². The van der Waals surface area contributed by atoms with Gasteiger partial charge in [0, 0.05) is 18.8 Å². The topological polar surface area (TPSA) is 83.6 Å². The van der Waals surface area contributed by atoms with Gasteiger partial charge in [-0.1, -0.05) is 24.3 Å². The van der Waals surface area contributed by atoms with Gasteiger partial charge in [0.15, 0.2) is 0 Å². The number of benzene rings is 2. The zero-order valence-electron chi connectivity index (χ0n) is 10.7. The molecule has 0 unspecified atom stereocenters. The highest BCUT2D eigenvalue weighted by molar-refractivity contribution is 6.04. The van der Waals surface area contributed by atoms with Crippen LogP contribution in [0.4, 0.5) is 5.69 Å². The van der Waals surface area contributed by atoms with Gasteiger partial charge >= 0.3 is 5.97 Å². The van der Waals surface area contributed by atoms with Crippen LogP contribution in [0.2, 0.25) is 0 Å². The average Bonchev–Trinajstić information content (AvgIpc) is 2.35. The van der Waals surface area contributed by atoms with Crippen molar-refractivity contribution in [1.82, 2.24) is 4.90 Å². The van der Waals surface area contributed by atoms with E-state index in [1.165, 1.54) is 4.90 Å². The molecule has 2 aromatic carbocycles. The molecule has 1 fully saturated rings. The fourth-order valence-corrected chi connectivity index (χ4v) is 2.41. The molecular weight excluding hydrogens is 256 g/mol. The molecule has 0 aliphatic carbocycles. The number of carbonyl (C=O) groups is 2. The third-order valence-electron chi connectivity index (χ3n) is 3.67. The van der Waals surface area contributed by atoms with Crippen LogP contribution >= 0.6 is 0 Å². The summed E-state index contributed by atoms with van der Waals surface area (Å²) < 4.78 is 0. The second kappa shape index (κ2) is 4.52. The number of hydrogen-bond donors (Lipinski definition) is 2. The number of aliphatic carboxylic acids is 1. The van der Waals surface area contributed by atoms with Crippen molar-refractivity contribution in [3.05, 3.63) is 42.0 Å². The fourth-order valence-electron chi connectivity index (χ4n) is 2.41. The van der Waals surface area contributed by atoms with Crippen LogP contribution in [0.15, 0.2) is 36.4 Å². The minimum absolute atomic E-state index is 0.203. The van der Waals surface area contributed by atoms with E-state index in [0.717, 1.165) is 10.8 Å². The molecule has 0 atom stereocenters. The van der Waals surface area contributed by atoms with Crippen molar-refractivity contribution in [3.8, 4) is 0 Å². The van der Waals surface area contributed by atoms with Gasteiger partial charge in [0.2, 0.25) is 0 Å². The van der Waals surface area contributed by atoms with Crippen LogP contribution in [0.3, 0.4) is 0 Å². The molecule has 102 valence electrons. The molecule has 0 bridgehead atoms. The number of nitrogens with two attached hydrogens (primary N) is 1. The number of carbonyl (C=O) groups excluding carboxylic acids is 1. The third kappa shape index (κ3) is 1.97. The predicted octanol–water partition coefficient (Wildman–Crippen LogP) is 1.58. The molecule has 1 amide bonds. The van der Waals surface area contributed by atoms with E-state index in [9.17, 15) is 9.59 Å². The zero-order chi connectivity index (χ0) is 14.3. The summed E-state index contributed by atoms with van der Waals surface area (Å²) in [5.74, 6) is -1.52. The maximum atomic E-state index is 12.3. The molecular formula is C15H14N2O3. The quantitative estimate of drug-likeness (QED) is 0.811. The molecule has 3 rings (SSSR count). The Labute approximate surface area is 115 Å². The van der Waals surface area contributed by atoms with Gasteiger partial charge in [0.1, 0.15) is 0 Å². The molecule has 1 aliphatic rings. The number of fused-ring (bicyclic) bond motifs is 1. The Morgan fingerprint density at radius 1 is 1.15 bits per heavy atom. The Morgan fingerprint density at radius 2 is 1.75 bits per heavy atom. The van der Waals surface area contributed by atoms with Crippen LogP contribution in [0.5, 0.6) is 0 Å². The lowest BCUT2D eigenvalue weighted by Gasteiger charge is -2.36. The highest BCUT2D eigenvalue weighted by Crippen LogP contribution is 2.26. The number of hydrogen-bond acceptors (Lipinski definition) is 3. The van der Waals surface area contributed by atoms with E-state index in [1.54, 1.807) is 12.1 Å². The number of carboxylic acid groups (broad SMARTS) is 1. The number of likely N-dealkylation sites (tertiary alicyclic amines) is 1. The number of nitrogen functional groups attached to an aromatic ring is 1. The van der Waals surface area contributed by atoms with Gasteiger partial charge < -0.3 is 15.7 Å². The summed E-state index contributed by atoms with van der Waals surface area (Å²) in [5.41, 5.74) is 6.80. The number of carboxylic acids is 1. The van der Waals surface area contributed by atoms with Crippen LogP contribution in [-0.4, -0.2) is 35.0 Å². The van der Waals surface area contributed by atoms with Crippen molar-refractivity contribution in [2.24, 2.45) is 5.92 Å². The van der Waals surface area contributed by atoms with Crippen molar-refractivity contribution < 1.29 is 14.7 Å². The van der Waals surface area contributed by atoms with Crippen LogP contribution in [0.25, 0.3) is 10.8 Å². The third-order valence-corrected chi connectivity index (χ3v) is 3.67. The molecule has 5 heteroatoms. The predicted molar refractivity (Wildman–Crippen MR) is 75.4 cm³/mol. The molecule has 20 heavy (non-hydrogen) atoms. The highest BCUT2D eigenvalue weighted by atomic mass is 16.4. The minimum atomic E-state index is -0.861. The van der Waals surface area contributed by atoms with Crippen molar-refractivity contribution in [2.75, 3.05) is 18.8 Å². The molecule has 5 nitrogen and oxygen atoms in total. The molecule has 1 saturated heterocycles. The van der Waals surface area contributed by atoms with E-state index in [2.05, 4.69) is 0 Å². The van der Waals surface area contributed by atoms with Gasteiger partial charge in [-0.3, -0.25) is 9.59 Å². The monoisotopic (exact) mass is 270 g/mol. The Kier molecular flexibility index (Phi) is 2.82. The minimum Gasteiger partial charge on any atom is -0.481 e. The van der Waals surface area contributed by atoms with E-state index in [-0.39, 0.29) is 19.0 Å². The normalized spacial score (nSPS) is 15.1. The van der Waals surface area contributed by atoms with Crippen LogP contribution in [0, 0.1) is 5.92 Å². The maximum absolute atomic E-state index is 12.3. The molecule has 0 saturated carbocycles. The molecule has 0 spiro atoms. The average molecular weight is 270 g/mol. The van der Waals surface area contributed by atoms with Crippen LogP contribution in [-0.2, 0) is 4.79 Å². The lowest BCUT2D eigenvalue weighted by molar-refractivity contribution is -0.146. The smallest absolute Gasteiger partial charge is 0.310 e. The SMILES string of the molecule is Nc1cc2ccccc2cc1C(=O)N1CC(C(=O)O)C1. The number of nitrogens with zero attached hydrogens (tertiary/aromatic N) is 1. The lowest BCUT2D eigenvalue weighted by Crippen LogP contribution is -2.53. The van der Waals surface area contributed by atoms with E-state index in [4.69, 9.17) is 10.8 Å². The summed E-state index contributed by atoms with van der Waals surface area (Å²) in [5, 5.41) is 10.8. The van der Waals surface area contributed by atoms with Gasteiger partial charge in [0.05, 0.1) is 11.5 Å². The molecule has 0 radical (unpaired) electrons. The van der Waals surface area contributed by atoms with Crippen LogP contribution in [0.1, 0.15) is 10.4 Å². The van der Waals surface area contributed by atoms with Crippen molar-refractivity contribution in [3.63, 3.8) is 0 Å². The van der Waals surface area contributed by atoms with Gasteiger partial charge in [-0.25, -0.2) is 0 Å². The van der Waals surface area contributed by atoms with E-state index in [0.29, 0.717) is 11.3 Å². The first kappa shape index (κ1) is 12.5. The molecule has 2 aromatic rings. The van der Waals surface area contributed by atoms with E-state index < -0.39 is 11.9 Å². The largest absolute Gasteiger partial charge is 0.481 e. The fraction of sp³-hybridized carbons (Fsp3) is 0.200. The Balaban J connectivity index is 1.89. The molecule has 0 aromatic heterocycles. The van der Waals surface area contributed by atoms with Crippen molar-refractivity contribution >= 4 is 28.3 Å². The second-order valence-corrected chi connectivity index (χ2v) is 5.03. The summed E-state index contributed by atoms with van der Waals surface area (Å²) in [7, 11) is 0. The standard InChI is InChI=1S/C15H14N2O3/c16-13-6-10-4-2-1-3-9(10)5-12(13)14(18)17-7-11(8-17)15(19)20/h1-6,11H,7-8,16H2,(H,19,20). The number of rotatable bonds is 2. The first-order valence-corrected chi connectivity index (χ1v) is 6.36. The molecule has 1 heterocycles. The molecule has 1 aliphatic heterocycles. The first-order valence-electron chi connectivity index (χ1n) is 6.36. The van der Waals surface area contributed by atoms with Crippen molar-refractivity contribution in [2.45, 2.75) is 0 Å². The molecule has 3 N–H and O–H groups in total. The summed E-state index contributed by atoms with van der Waals surface area (Å²) >= 11 is 0. The Bertz CT molecular complexity index is 705. The summed E-state index contributed by atoms with van der Waals surface area (Å²) in [6, 6.07) is 11.2. The summed E-state index contributed by atoms with van der Waals surface area (Å²) in [4.78, 5) is 24.6. The summed E-state index contributed by atoms with van der Waals surface area (Å²) in [6.07, 6.45) is 0. The van der Waals surface area contributed by atoms with Gasteiger partial charge in [-0.05, 0) is 22.9 Å². The van der Waals surface area contributed by atoms with Gasteiger partial charge in [-0.2, -0.15) is 0 Å². The van der Waals surface area contributed by atoms with Gasteiger partial charge in [-0.15, -0.1) is 0 Å².